The largest absolute Gasteiger partial charge is 0.497 e. The van der Waals surface area contributed by atoms with Crippen LogP contribution in [0.3, 0.4) is 0 Å². The number of halogens is 1. The van der Waals surface area contributed by atoms with Crippen LogP contribution < -0.4 is 9.47 Å². The molecule has 0 fully saturated rings. The van der Waals surface area contributed by atoms with E-state index in [1.807, 2.05) is 18.2 Å². The highest BCUT2D eigenvalue weighted by Gasteiger charge is 2.14. The summed E-state index contributed by atoms with van der Waals surface area (Å²) >= 11 is 3.42. The Hall–Kier alpha value is -1.33. The number of rotatable bonds is 4. The maximum atomic E-state index is 12.5. The first-order valence-corrected chi connectivity index (χ1v) is 7.50. The molecule has 5 heteroatoms. The zero-order chi connectivity index (χ0) is 13.8. The molecular weight excluding hydrogens is 328 g/mol. The van der Waals surface area contributed by atoms with Crippen LogP contribution in [0.25, 0.3) is 0 Å². The number of ether oxygens (including phenoxy) is 2. The molecule has 2 aromatic rings. The Labute approximate surface area is 123 Å². The SMILES string of the molecule is COc1ccc(S(=O)c2cccc(OC)c2Br)cc1. The van der Waals surface area contributed by atoms with E-state index in [9.17, 15) is 4.21 Å². The number of hydrogen-bond acceptors (Lipinski definition) is 3. The lowest BCUT2D eigenvalue weighted by atomic mass is 10.3. The van der Waals surface area contributed by atoms with Crippen LogP contribution in [0.15, 0.2) is 56.7 Å². The van der Waals surface area contributed by atoms with Gasteiger partial charge in [0.2, 0.25) is 0 Å². The van der Waals surface area contributed by atoms with Crippen LogP contribution in [0.2, 0.25) is 0 Å². The monoisotopic (exact) mass is 340 g/mol. The van der Waals surface area contributed by atoms with Crippen LogP contribution >= 0.6 is 15.9 Å². The predicted molar refractivity (Wildman–Crippen MR) is 78.4 cm³/mol. The summed E-state index contributed by atoms with van der Waals surface area (Å²) in [5.74, 6) is 1.41. The highest BCUT2D eigenvalue weighted by molar-refractivity contribution is 9.10. The van der Waals surface area contributed by atoms with Gasteiger partial charge in [0, 0.05) is 4.90 Å². The Morgan fingerprint density at radius 3 is 2.26 bits per heavy atom. The van der Waals surface area contributed by atoms with Crippen molar-refractivity contribution in [1.82, 2.24) is 0 Å². The van der Waals surface area contributed by atoms with Crippen molar-refractivity contribution in [3.63, 3.8) is 0 Å². The fraction of sp³-hybridized carbons (Fsp3) is 0.143. The molecule has 0 N–H and O–H groups in total. The van der Waals surface area contributed by atoms with E-state index in [1.165, 1.54) is 0 Å². The topological polar surface area (TPSA) is 35.5 Å². The summed E-state index contributed by atoms with van der Waals surface area (Å²) in [6.07, 6.45) is 0. The summed E-state index contributed by atoms with van der Waals surface area (Å²) in [7, 11) is 1.92. The van der Waals surface area contributed by atoms with Crippen LogP contribution in [0, 0.1) is 0 Å². The van der Waals surface area contributed by atoms with Gasteiger partial charge in [-0.3, -0.25) is 0 Å². The third-order valence-electron chi connectivity index (χ3n) is 2.62. The van der Waals surface area contributed by atoms with Crippen molar-refractivity contribution < 1.29 is 13.7 Å². The van der Waals surface area contributed by atoms with Gasteiger partial charge in [0.1, 0.15) is 11.5 Å². The molecule has 0 saturated heterocycles. The fourth-order valence-corrected chi connectivity index (χ4v) is 3.59. The average Bonchev–Trinajstić information content (AvgIpc) is 2.47. The second kappa shape index (κ2) is 6.21. The van der Waals surface area contributed by atoms with Gasteiger partial charge in [-0.1, -0.05) is 6.07 Å². The summed E-state index contributed by atoms with van der Waals surface area (Å²) in [6.45, 7) is 0. The Balaban J connectivity index is 2.38. The van der Waals surface area contributed by atoms with Crippen LogP contribution in [0.1, 0.15) is 0 Å². The first-order chi connectivity index (χ1) is 9.17. The van der Waals surface area contributed by atoms with Crippen molar-refractivity contribution in [1.29, 1.82) is 0 Å². The normalized spacial score (nSPS) is 11.9. The van der Waals surface area contributed by atoms with Crippen molar-refractivity contribution in [3.05, 3.63) is 46.9 Å². The molecule has 1 unspecified atom stereocenters. The van der Waals surface area contributed by atoms with Crippen LogP contribution in [0.5, 0.6) is 11.5 Å². The molecule has 100 valence electrons. The molecule has 0 spiro atoms. The molecule has 0 saturated carbocycles. The molecule has 19 heavy (non-hydrogen) atoms. The minimum Gasteiger partial charge on any atom is -0.497 e. The van der Waals surface area contributed by atoms with E-state index in [0.29, 0.717) is 15.1 Å². The van der Waals surface area contributed by atoms with Gasteiger partial charge in [-0.2, -0.15) is 0 Å². The van der Waals surface area contributed by atoms with Gasteiger partial charge in [-0.25, -0.2) is 4.21 Å². The molecule has 3 nitrogen and oxygen atoms in total. The summed E-state index contributed by atoms with van der Waals surface area (Å²) in [4.78, 5) is 1.40. The zero-order valence-electron chi connectivity index (χ0n) is 10.6. The van der Waals surface area contributed by atoms with Crippen LogP contribution in [-0.4, -0.2) is 18.4 Å². The number of benzene rings is 2. The first kappa shape index (κ1) is 14.1. The van der Waals surface area contributed by atoms with Crippen molar-refractivity contribution in [2.24, 2.45) is 0 Å². The Morgan fingerprint density at radius 1 is 1.00 bits per heavy atom. The molecule has 0 aliphatic heterocycles. The Morgan fingerprint density at radius 2 is 1.68 bits per heavy atom. The van der Waals surface area contributed by atoms with Crippen molar-refractivity contribution in [2.75, 3.05) is 14.2 Å². The van der Waals surface area contributed by atoms with E-state index in [0.717, 1.165) is 10.6 Å². The third-order valence-corrected chi connectivity index (χ3v) is 5.14. The van der Waals surface area contributed by atoms with E-state index in [4.69, 9.17) is 9.47 Å². The van der Waals surface area contributed by atoms with E-state index in [1.54, 1.807) is 38.5 Å². The lowest BCUT2D eigenvalue weighted by Crippen LogP contribution is -1.96. The second-order valence-electron chi connectivity index (χ2n) is 3.72. The lowest BCUT2D eigenvalue weighted by Gasteiger charge is -2.09. The first-order valence-electron chi connectivity index (χ1n) is 5.55. The molecule has 0 heterocycles. The van der Waals surface area contributed by atoms with Crippen molar-refractivity contribution >= 4 is 26.7 Å². The number of hydrogen-bond donors (Lipinski definition) is 0. The molecule has 0 aromatic heterocycles. The second-order valence-corrected chi connectivity index (χ2v) is 5.96. The lowest BCUT2D eigenvalue weighted by molar-refractivity contribution is 0.410. The molecule has 0 amide bonds. The molecule has 1 atom stereocenters. The van der Waals surface area contributed by atoms with Gasteiger partial charge in [0.05, 0.1) is 34.4 Å². The third kappa shape index (κ3) is 2.98. The van der Waals surface area contributed by atoms with Crippen molar-refractivity contribution in [3.8, 4) is 11.5 Å². The average molecular weight is 341 g/mol. The molecule has 0 aliphatic carbocycles. The standard InChI is InChI=1S/C14H13BrO3S/c1-17-10-6-8-11(9-7-10)19(16)13-5-3-4-12(18-2)14(13)15/h3-9H,1-2H3. The van der Waals surface area contributed by atoms with Gasteiger partial charge >= 0.3 is 0 Å². The molecule has 2 rings (SSSR count). The van der Waals surface area contributed by atoms with E-state index >= 15 is 0 Å². The maximum Gasteiger partial charge on any atom is 0.134 e. The molecular formula is C14H13BrO3S. The van der Waals surface area contributed by atoms with Gasteiger partial charge in [0.15, 0.2) is 0 Å². The van der Waals surface area contributed by atoms with Gasteiger partial charge < -0.3 is 9.47 Å². The van der Waals surface area contributed by atoms with Crippen LogP contribution in [-0.2, 0) is 10.8 Å². The smallest absolute Gasteiger partial charge is 0.134 e. The summed E-state index contributed by atoms with van der Waals surface area (Å²) in [5.41, 5.74) is 0. The maximum absolute atomic E-state index is 12.5. The molecule has 0 radical (unpaired) electrons. The molecule has 0 bridgehead atoms. The Bertz CT molecular complexity index is 596. The predicted octanol–water partition coefficient (Wildman–Crippen LogP) is 3.63. The van der Waals surface area contributed by atoms with E-state index in [-0.39, 0.29) is 0 Å². The summed E-state index contributed by atoms with van der Waals surface area (Å²) < 4.78 is 23.5. The van der Waals surface area contributed by atoms with Crippen LogP contribution in [0.4, 0.5) is 0 Å². The summed E-state index contributed by atoms with van der Waals surface area (Å²) in [6, 6.07) is 12.6. The van der Waals surface area contributed by atoms with Gasteiger partial charge in [0.25, 0.3) is 0 Å². The highest BCUT2D eigenvalue weighted by Crippen LogP contribution is 2.32. The minimum atomic E-state index is -1.26. The molecule has 2 aromatic carbocycles. The molecule has 0 aliphatic rings. The highest BCUT2D eigenvalue weighted by atomic mass is 79.9. The zero-order valence-corrected chi connectivity index (χ0v) is 13.0. The minimum absolute atomic E-state index is 0.666. The van der Waals surface area contributed by atoms with Crippen molar-refractivity contribution in [2.45, 2.75) is 9.79 Å². The summed E-state index contributed by atoms with van der Waals surface area (Å²) in [5, 5.41) is 0. The van der Waals surface area contributed by atoms with Gasteiger partial charge in [-0.15, -0.1) is 0 Å². The fourth-order valence-electron chi connectivity index (χ4n) is 1.62. The number of methoxy groups -OCH3 is 2. The van der Waals surface area contributed by atoms with Gasteiger partial charge in [-0.05, 0) is 52.3 Å². The quantitative estimate of drug-likeness (QED) is 0.852. The Kier molecular flexibility index (Phi) is 4.61. The van der Waals surface area contributed by atoms with E-state index < -0.39 is 10.8 Å². The van der Waals surface area contributed by atoms with E-state index in [2.05, 4.69) is 15.9 Å².